The maximum Gasteiger partial charge on any atom is 0.326 e. The predicted molar refractivity (Wildman–Crippen MR) is 62.7 cm³/mol. The number of rotatable bonds is 6. The van der Waals surface area contributed by atoms with E-state index in [2.05, 4.69) is 0 Å². The molecule has 0 unspecified atom stereocenters. The van der Waals surface area contributed by atoms with E-state index in [9.17, 15) is 9.59 Å². The van der Waals surface area contributed by atoms with Crippen molar-refractivity contribution in [2.45, 2.75) is 45.1 Å². The van der Waals surface area contributed by atoms with Crippen LogP contribution in [-0.4, -0.2) is 47.7 Å². The fraction of sp³-hybridized carbons (Fsp3) is 0.833. The molecule has 0 aromatic carbocycles. The van der Waals surface area contributed by atoms with E-state index in [4.69, 9.17) is 9.84 Å². The second-order valence-electron chi connectivity index (χ2n) is 4.24. The molecule has 1 atom stereocenters. The van der Waals surface area contributed by atoms with Gasteiger partial charge >= 0.3 is 5.97 Å². The summed E-state index contributed by atoms with van der Waals surface area (Å²) >= 11 is 0. The number of aliphatic carboxylic acids is 1. The van der Waals surface area contributed by atoms with Gasteiger partial charge in [0, 0.05) is 26.2 Å². The summed E-state index contributed by atoms with van der Waals surface area (Å²) in [6.45, 7) is 3.70. The van der Waals surface area contributed by atoms with Crippen LogP contribution >= 0.6 is 0 Å². The summed E-state index contributed by atoms with van der Waals surface area (Å²) in [6.07, 6.45) is 3.41. The average molecular weight is 243 g/mol. The Kier molecular flexibility index (Phi) is 5.97. The van der Waals surface area contributed by atoms with Gasteiger partial charge in [0.2, 0.25) is 5.91 Å². The molecule has 1 aliphatic heterocycles. The molecule has 5 nitrogen and oxygen atoms in total. The van der Waals surface area contributed by atoms with Crippen molar-refractivity contribution in [3.63, 3.8) is 0 Å². The van der Waals surface area contributed by atoms with Crippen LogP contribution in [0.3, 0.4) is 0 Å². The zero-order chi connectivity index (χ0) is 12.7. The fourth-order valence-electron chi connectivity index (χ4n) is 2.10. The first kappa shape index (κ1) is 14.0. The van der Waals surface area contributed by atoms with Gasteiger partial charge < -0.3 is 14.7 Å². The van der Waals surface area contributed by atoms with E-state index in [1.807, 2.05) is 6.92 Å². The Labute approximate surface area is 102 Å². The second kappa shape index (κ2) is 7.27. The van der Waals surface area contributed by atoms with Gasteiger partial charge in [0.1, 0.15) is 6.04 Å². The Morgan fingerprint density at radius 3 is 2.82 bits per heavy atom. The molecular weight excluding hydrogens is 222 g/mol. The predicted octanol–water partition coefficient (Wildman–Crippen LogP) is 1.27. The van der Waals surface area contributed by atoms with Crippen molar-refractivity contribution in [3.05, 3.63) is 0 Å². The molecule has 0 aromatic heterocycles. The van der Waals surface area contributed by atoms with Crippen LogP contribution in [0.5, 0.6) is 0 Å². The molecule has 0 bridgehead atoms. The summed E-state index contributed by atoms with van der Waals surface area (Å²) in [4.78, 5) is 24.4. The molecule has 0 aromatic rings. The molecule has 17 heavy (non-hydrogen) atoms. The van der Waals surface area contributed by atoms with Gasteiger partial charge in [-0.25, -0.2) is 4.79 Å². The highest BCUT2D eigenvalue weighted by Crippen LogP contribution is 2.18. The molecule has 0 aliphatic carbocycles. The molecule has 1 fully saturated rings. The lowest BCUT2D eigenvalue weighted by Crippen LogP contribution is -2.47. The van der Waals surface area contributed by atoms with Crippen molar-refractivity contribution in [1.82, 2.24) is 4.90 Å². The molecule has 0 spiro atoms. The molecule has 1 amide bonds. The van der Waals surface area contributed by atoms with Crippen LogP contribution in [0, 0.1) is 0 Å². The first-order valence-electron chi connectivity index (χ1n) is 6.26. The number of carbonyl (C=O) groups is 2. The lowest BCUT2D eigenvalue weighted by Gasteiger charge is -2.33. The molecule has 0 radical (unpaired) electrons. The number of amides is 1. The Balaban J connectivity index is 2.39. The minimum absolute atomic E-state index is 0.0585. The molecule has 0 saturated carbocycles. The summed E-state index contributed by atoms with van der Waals surface area (Å²) < 4.78 is 5.16. The number of ether oxygens (including phenoxy) is 1. The number of nitrogens with zero attached hydrogens (tertiary/aromatic N) is 1. The lowest BCUT2D eigenvalue weighted by molar-refractivity contribution is -0.152. The average Bonchev–Trinajstić information content (AvgIpc) is 2.34. The smallest absolute Gasteiger partial charge is 0.326 e. The van der Waals surface area contributed by atoms with Crippen LogP contribution in [0.15, 0.2) is 0 Å². The molecule has 1 saturated heterocycles. The van der Waals surface area contributed by atoms with E-state index < -0.39 is 12.0 Å². The summed E-state index contributed by atoms with van der Waals surface area (Å²) in [6, 6.07) is -0.622. The quantitative estimate of drug-likeness (QED) is 0.713. The molecular formula is C12H21NO4. The highest BCUT2D eigenvalue weighted by Gasteiger charge is 2.31. The largest absolute Gasteiger partial charge is 0.480 e. The van der Waals surface area contributed by atoms with Gasteiger partial charge in [-0.15, -0.1) is 0 Å². The van der Waals surface area contributed by atoms with Crippen molar-refractivity contribution in [1.29, 1.82) is 0 Å². The molecule has 1 heterocycles. The summed E-state index contributed by atoms with van der Waals surface area (Å²) in [5, 5.41) is 9.05. The van der Waals surface area contributed by atoms with E-state index >= 15 is 0 Å². The second-order valence-corrected chi connectivity index (χ2v) is 4.24. The van der Waals surface area contributed by atoms with E-state index in [-0.39, 0.29) is 5.91 Å². The van der Waals surface area contributed by atoms with Gasteiger partial charge in [-0.3, -0.25) is 4.79 Å². The first-order chi connectivity index (χ1) is 8.16. The number of carboxylic acid groups (broad SMARTS) is 1. The van der Waals surface area contributed by atoms with Crippen molar-refractivity contribution in [2.24, 2.45) is 0 Å². The first-order valence-corrected chi connectivity index (χ1v) is 6.26. The molecule has 1 N–H and O–H groups in total. The Bertz CT molecular complexity index is 267. The maximum absolute atomic E-state index is 11.9. The number of likely N-dealkylation sites (tertiary alicyclic amines) is 1. The third kappa shape index (κ3) is 4.34. The lowest BCUT2D eigenvalue weighted by atomic mass is 10.0. The van der Waals surface area contributed by atoms with Gasteiger partial charge in [-0.1, -0.05) is 0 Å². The van der Waals surface area contributed by atoms with Crippen molar-refractivity contribution < 1.29 is 19.4 Å². The van der Waals surface area contributed by atoms with Crippen LogP contribution in [0.1, 0.15) is 39.0 Å². The summed E-state index contributed by atoms with van der Waals surface area (Å²) in [5.74, 6) is -0.945. The summed E-state index contributed by atoms with van der Waals surface area (Å²) in [5.41, 5.74) is 0. The van der Waals surface area contributed by atoms with Crippen LogP contribution in [0.4, 0.5) is 0 Å². The van der Waals surface area contributed by atoms with Crippen LogP contribution in [0.2, 0.25) is 0 Å². The Morgan fingerprint density at radius 1 is 1.41 bits per heavy atom. The van der Waals surface area contributed by atoms with Gasteiger partial charge in [-0.05, 0) is 32.6 Å². The maximum atomic E-state index is 11.9. The third-order valence-electron chi connectivity index (χ3n) is 2.99. The topological polar surface area (TPSA) is 66.8 Å². The molecule has 98 valence electrons. The van der Waals surface area contributed by atoms with Crippen molar-refractivity contribution >= 4 is 11.9 Å². The molecule has 1 aliphatic rings. The fourth-order valence-corrected chi connectivity index (χ4v) is 2.10. The Hall–Kier alpha value is -1.10. The Morgan fingerprint density at radius 2 is 2.18 bits per heavy atom. The van der Waals surface area contributed by atoms with E-state index in [1.54, 1.807) is 0 Å². The zero-order valence-corrected chi connectivity index (χ0v) is 10.4. The third-order valence-corrected chi connectivity index (χ3v) is 2.99. The number of carboxylic acids is 1. The van der Waals surface area contributed by atoms with Gasteiger partial charge in [0.05, 0.1) is 0 Å². The minimum Gasteiger partial charge on any atom is -0.480 e. The van der Waals surface area contributed by atoms with E-state index in [1.165, 1.54) is 4.90 Å². The van der Waals surface area contributed by atoms with Crippen molar-refractivity contribution in [3.8, 4) is 0 Å². The number of carbonyl (C=O) groups excluding carboxylic acids is 1. The number of hydrogen-bond donors (Lipinski definition) is 1. The van der Waals surface area contributed by atoms with Crippen LogP contribution in [0.25, 0.3) is 0 Å². The van der Waals surface area contributed by atoms with Crippen molar-refractivity contribution in [2.75, 3.05) is 19.8 Å². The summed E-state index contributed by atoms with van der Waals surface area (Å²) in [7, 11) is 0. The van der Waals surface area contributed by atoms with Crippen LogP contribution < -0.4 is 0 Å². The van der Waals surface area contributed by atoms with E-state index in [0.717, 1.165) is 12.8 Å². The number of hydrogen-bond acceptors (Lipinski definition) is 3. The highest BCUT2D eigenvalue weighted by molar-refractivity contribution is 5.83. The van der Waals surface area contributed by atoms with Gasteiger partial charge in [-0.2, -0.15) is 0 Å². The van der Waals surface area contributed by atoms with Gasteiger partial charge in [0.15, 0.2) is 0 Å². The molecule has 1 rings (SSSR count). The highest BCUT2D eigenvalue weighted by atomic mass is 16.5. The van der Waals surface area contributed by atoms with E-state index in [0.29, 0.717) is 39.0 Å². The SMILES string of the molecule is CCOCCCC(=O)N1CCCC[C@@H]1C(=O)O. The zero-order valence-electron chi connectivity index (χ0n) is 10.4. The normalized spacial score (nSPS) is 20.3. The van der Waals surface area contributed by atoms with Crippen LogP contribution in [-0.2, 0) is 14.3 Å². The van der Waals surface area contributed by atoms with Gasteiger partial charge in [0.25, 0.3) is 0 Å². The molecule has 5 heteroatoms. The minimum atomic E-state index is -0.886. The number of piperidine rings is 1. The standard InChI is InChI=1S/C12H21NO4/c1-2-17-9-5-7-11(14)13-8-4-3-6-10(13)12(15)16/h10H,2-9H2,1H3,(H,15,16)/t10-/m1/s1. The monoisotopic (exact) mass is 243 g/mol.